The summed E-state index contributed by atoms with van der Waals surface area (Å²) in [5.74, 6) is -0.944. The van der Waals surface area contributed by atoms with Gasteiger partial charge in [-0.05, 0) is 49.2 Å². The van der Waals surface area contributed by atoms with Crippen molar-refractivity contribution < 1.29 is 23.1 Å². The number of hydrogen-bond donors (Lipinski definition) is 1. The number of carboxylic acids is 1. The number of pyridine rings is 1. The molecule has 1 aromatic carbocycles. The maximum Gasteiger partial charge on any atom is 0.416 e. The standard InChI is InChI=1S/C19H19F3N2O2/c20-19(21,22)14-6-3-5-13(11-14)17(12-15-7-1-2-9-23-15)24-10-4-8-16(24)18(25)26/h1-3,5-7,9,11,16-17H,4,8,10,12H2,(H,25,26). The average Bonchev–Trinajstić information content (AvgIpc) is 3.10. The molecule has 4 nitrogen and oxygen atoms in total. The predicted octanol–water partition coefficient (Wildman–Crippen LogP) is 3.93. The summed E-state index contributed by atoms with van der Waals surface area (Å²) >= 11 is 0. The zero-order valence-electron chi connectivity index (χ0n) is 14.0. The Kier molecular flexibility index (Phi) is 5.27. The molecule has 0 radical (unpaired) electrons. The molecule has 0 aliphatic carbocycles. The maximum atomic E-state index is 13.1. The Hall–Kier alpha value is -2.41. The van der Waals surface area contributed by atoms with Crippen LogP contribution in [0, 0.1) is 0 Å². The second-order valence-electron chi connectivity index (χ2n) is 6.40. The van der Waals surface area contributed by atoms with Gasteiger partial charge < -0.3 is 5.11 Å². The topological polar surface area (TPSA) is 53.4 Å². The number of carboxylic acid groups (broad SMARTS) is 1. The molecule has 0 amide bonds. The molecule has 1 aliphatic rings. The van der Waals surface area contributed by atoms with Crippen LogP contribution in [-0.2, 0) is 17.4 Å². The Labute approximate surface area is 149 Å². The lowest BCUT2D eigenvalue weighted by Gasteiger charge is -2.31. The Morgan fingerprint density at radius 3 is 2.73 bits per heavy atom. The molecule has 0 saturated carbocycles. The molecule has 2 atom stereocenters. The Bertz CT molecular complexity index is 765. The number of alkyl halides is 3. The van der Waals surface area contributed by atoms with E-state index in [1.54, 1.807) is 29.3 Å². The quantitative estimate of drug-likeness (QED) is 0.873. The first kappa shape index (κ1) is 18.4. The average molecular weight is 364 g/mol. The molecule has 3 rings (SSSR count). The van der Waals surface area contributed by atoms with Crippen LogP contribution < -0.4 is 0 Å². The molecule has 1 aromatic heterocycles. The third kappa shape index (κ3) is 4.04. The third-order valence-electron chi connectivity index (χ3n) is 4.71. The summed E-state index contributed by atoms with van der Waals surface area (Å²) in [4.78, 5) is 17.6. The number of aliphatic carboxylic acids is 1. The molecule has 2 unspecified atom stereocenters. The molecular formula is C19H19F3N2O2. The highest BCUT2D eigenvalue weighted by Crippen LogP contribution is 2.35. The van der Waals surface area contributed by atoms with E-state index in [4.69, 9.17) is 0 Å². The van der Waals surface area contributed by atoms with E-state index in [2.05, 4.69) is 4.98 Å². The summed E-state index contributed by atoms with van der Waals surface area (Å²) in [5, 5.41) is 9.49. The zero-order chi connectivity index (χ0) is 18.7. The normalized spacial score (nSPS) is 19.4. The summed E-state index contributed by atoms with van der Waals surface area (Å²) in [6.07, 6.45) is -1.27. The second-order valence-corrected chi connectivity index (χ2v) is 6.40. The highest BCUT2D eigenvalue weighted by atomic mass is 19.4. The molecule has 1 fully saturated rings. The number of rotatable bonds is 5. The van der Waals surface area contributed by atoms with Gasteiger partial charge in [-0.3, -0.25) is 14.7 Å². The summed E-state index contributed by atoms with van der Waals surface area (Å²) in [6.45, 7) is 0.532. The van der Waals surface area contributed by atoms with Gasteiger partial charge in [-0.2, -0.15) is 13.2 Å². The molecule has 2 aromatic rings. The van der Waals surface area contributed by atoms with Crippen molar-refractivity contribution in [2.45, 2.75) is 37.5 Å². The minimum absolute atomic E-state index is 0.353. The number of likely N-dealkylation sites (tertiary alicyclic amines) is 1. The summed E-state index contributed by atoms with van der Waals surface area (Å²) < 4.78 is 39.4. The number of carbonyl (C=O) groups is 1. The van der Waals surface area contributed by atoms with E-state index in [0.717, 1.165) is 12.1 Å². The molecule has 2 heterocycles. The van der Waals surface area contributed by atoms with Crippen molar-refractivity contribution >= 4 is 5.97 Å². The van der Waals surface area contributed by atoms with Gasteiger partial charge in [0, 0.05) is 24.4 Å². The van der Waals surface area contributed by atoms with E-state index in [1.807, 2.05) is 6.07 Å². The molecule has 26 heavy (non-hydrogen) atoms. The first-order valence-corrected chi connectivity index (χ1v) is 8.42. The number of halogens is 3. The van der Waals surface area contributed by atoms with Crippen LogP contribution in [0.5, 0.6) is 0 Å². The Balaban J connectivity index is 1.99. The van der Waals surface area contributed by atoms with Crippen molar-refractivity contribution in [2.24, 2.45) is 0 Å². The fourth-order valence-electron chi connectivity index (χ4n) is 3.49. The van der Waals surface area contributed by atoms with Crippen molar-refractivity contribution in [3.63, 3.8) is 0 Å². The van der Waals surface area contributed by atoms with Gasteiger partial charge in [0.1, 0.15) is 6.04 Å². The maximum absolute atomic E-state index is 13.1. The van der Waals surface area contributed by atoms with E-state index >= 15 is 0 Å². The fourth-order valence-corrected chi connectivity index (χ4v) is 3.49. The minimum Gasteiger partial charge on any atom is -0.480 e. The van der Waals surface area contributed by atoms with Gasteiger partial charge in [-0.15, -0.1) is 0 Å². The molecule has 138 valence electrons. The van der Waals surface area contributed by atoms with Gasteiger partial charge in [0.25, 0.3) is 0 Å². The van der Waals surface area contributed by atoms with Crippen molar-refractivity contribution in [1.29, 1.82) is 0 Å². The van der Waals surface area contributed by atoms with Crippen LogP contribution in [0.15, 0.2) is 48.7 Å². The highest BCUT2D eigenvalue weighted by Gasteiger charge is 2.37. The van der Waals surface area contributed by atoms with Crippen LogP contribution in [0.25, 0.3) is 0 Å². The van der Waals surface area contributed by atoms with Crippen LogP contribution in [0.3, 0.4) is 0 Å². The van der Waals surface area contributed by atoms with Crippen LogP contribution in [-0.4, -0.2) is 33.5 Å². The van der Waals surface area contributed by atoms with Gasteiger partial charge in [0.2, 0.25) is 0 Å². The van der Waals surface area contributed by atoms with Crippen LogP contribution >= 0.6 is 0 Å². The molecule has 0 spiro atoms. The van der Waals surface area contributed by atoms with Crippen molar-refractivity contribution in [3.8, 4) is 0 Å². The number of hydrogen-bond acceptors (Lipinski definition) is 3. The lowest BCUT2D eigenvalue weighted by atomic mass is 9.97. The van der Waals surface area contributed by atoms with Crippen molar-refractivity contribution in [2.75, 3.05) is 6.54 Å². The fraction of sp³-hybridized carbons (Fsp3) is 0.368. The van der Waals surface area contributed by atoms with Gasteiger partial charge in [0.15, 0.2) is 0 Å². The molecular weight excluding hydrogens is 345 g/mol. The molecule has 1 saturated heterocycles. The van der Waals surface area contributed by atoms with E-state index in [9.17, 15) is 23.1 Å². The van der Waals surface area contributed by atoms with E-state index in [1.165, 1.54) is 6.07 Å². The van der Waals surface area contributed by atoms with Crippen LogP contribution in [0.1, 0.15) is 35.7 Å². The van der Waals surface area contributed by atoms with Gasteiger partial charge in [-0.25, -0.2) is 0 Å². The lowest BCUT2D eigenvalue weighted by Crippen LogP contribution is -2.39. The monoisotopic (exact) mass is 364 g/mol. The highest BCUT2D eigenvalue weighted by molar-refractivity contribution is 5.74. The SMILES string of the molecule is O=C(O)C1CCCN1C(Cc1ccccn1)c1cccc(C(F)(F)F)c1. The van der Waals surface area contributed by atoms with Crippen LogP contribution in [0.4, 0.5) is 13.2 Å². The summed E-state index contributed by atoms with van der Waals surface area (Å²) in [5.41, 5.74) is 0.441. The van der Waals surface area contributed by atoms with E-state index in [-0.39, 0.29) is 0 Å². The zero-order valence-corrected chi connectivity index (χ0v) is 14.0. The first-order valence-electron chi connectivity index (χ1n) is 8.42. The van der Waals surface area contributed by atoms with Gasteiger partial charge >= 0.3 is 12.1 Å². The Morgan fingerprint density at radius 1 is 1.27 bits per heavy atom. The number of nitrogens with zero attached hydrogens (tertiary/aromatic N) is 2. The van der Waals surface area contributed by atoms with Gasteiger partial charge in [0.05, 0.1) is 5.56 Å². The number of aromatic nitrogens is 1. The first-order chi connectivity index (χ1) is 12.4. The molecule has 7 heteroatoms. The second kappa shape index (κ2) is 7.45. The lowest BCUT2D eigenvalue weighted by molar-refractivity contribution is -0.143. The third-order valence-corrected chi connectivity index (χ3v) is 4.71. The van der Waals surface area contributed by atoms with Gasteiger partial charge in [-0.1, -0.05) is 18.2 Å². The number of benzene rings is 1. The van der Waals surface area contributed by atoms with Crippen molar-refractivity contribution in [1.82, 2.24) is 9.88 Å². The Morgan fingerprint density at radius 2 is 2.08 bits per heavy atom. The van der Waals surface area contributed by atoms with E-state index < -0.39 is 29.8 Å². The summed E-state index contributed by atoms with van der Waals surface area (Å²) in [7, 11) is 0. The smallest absolute Gasteiger partial charge is 0.416 e. The summed E-state index contributed by atoms with van der Waals surface area (Å²) in [6, 6.07) is 9.34. The van der Waals surface area contributed by atoms with Crippen molar-refractivity contribution in [3.05, 3.63) is 65.5 Å². The van der Waals surface area contributed by atoms with Crippen LogP contribution in [0.2, 0.25) is 0 Å². The molecule has 0 bridgehead atoms. The molecule has 1 N–H and O–H groups in total. The predicted molar refractivity (Wildman–Crippen MR) is 89.5 cm³/mol. The minimum atomic E-state index is -4.44. The molecule has 1 aliphatic heterocycles. The largest absolute Gasteiger partial charge is 0.480 e. The van der Waals surface area contributed by atoms with E-state index in [0.29, 0.717) is 37.1 Å².